The molecule has 2 N–H and O–H groups in total. The van der Waals surface area contributed by atoms with Crippen molar-refractivity contribution >= 4 is 5.84 Å². The second-order valence-electron chi connectivity index (χ2n) is 9.65. The van der Waals surface area contributed by atoms with Gasteiger partial charge in [0.25, 0.3) is 0 Å². The van der Waals surface area contributed by atoms with Gasteiger partial charge in [-0.1, -0.05) is 80.0 Å². The summed E-state index contributed by atoms with van der Waals surface area (Å²) in [5, 5.41) is 0. The molecular formula is C33H56N4O. The van der Waals surface area contributed by atoms with Crippen LogP contribution < -0.4 is 5.73 Å². The first kappa shape index (κ1) is 35.5. The Hall–Kier alpha value is -2.50. The predicted molar refractivity (Wildman–Crippen MR) is 168 cm³/mol. The molecular weight excluding hydrogens is 468 g/mol. The van der Waals surface area contributed by atoms with E-state index in [4.69, 9.17) is 20.4 Å². The van der Waals surface area contributed by atoms with Crippen molar-refractivity contribution in [1.29, 1.82) is 0 Å². The van der Waals surface area contributed by atoms with Gasteiger partial charge in [-0.15, -0.1) is 0 Å². The third-order valence-corrected chi connectivity index (χ3v) is 5.99. The van der Waals surface area contributed by atoms with Gasteiger partial charge < -0.3 is 15.4 Å². The fourth-order valence-corrected chi connectivity index (χ4v) is 4.09. The summed E-state index contributed by atoms with van der Waals surface area (Å²) in [5.41, 5.74) is 13.0. The van der Waals surface area contributed by atoms with Crippen LogP contribution in [0.25, 0.3) is 11.3 Å². The largest absolute Gasteiger partial charge is 0.377 e. The highest BCUT2D eigenvalue weighted by molar-refractivity contribution is 6.00. The van der Waals surface area contributed by atoms with Crippen LogP contribution in [-0.4, -0.2) is 41.5 Å². The Morgan fingerprint density at radius 2 is 1.82 bits per heavy atom. The molecule has 2 aromatic rings. The number of rotatable bonds is 6. The summed E-state index contributed by atoms with van der Waals surface area (Å²) in [5.74, 6) is 1.82. The van der Waals surface area contributed by atoms with Crippen molar-refractivity contribution in [3.8, 4) is 11.3 Å². The minimum Gasteiger partial charge on any atom is -0.377 e. The lowest BCUT2D eigenvalue weighted by molar-refractivity contribution is 0.0334. The lowest BCUT2D eigenvalue weighted by Crippen LogP contribution is -2.47. The van der Waals surface area contributed by atoms with E-state index in [9.17, 15) is 0 Å². The van der Waals surface area contributed by atoms with E-state index in [0.717, 1.165) is 52.1 Å². The zero-order chi connectivity index (χ0) is 29.3. The Morgan fingerprint density at radius 3 is 2.29 bits per heavy atom. The van der Waals surface area contributed by atoms with Gasteiger partial charge in [0.05, 0.1) is 24.9 Å². The number of hydrogen-bond donors (Lipinski definition) is 1. The number of ether oxygens (including phenoxy) is 1. The average Bonchev–Trinajstić information content (AvgIpc) is 2.90. The molecule has 5 nitrogen and oxygen atoms in total. The highest BCUT2D eigenvalue weighted by Gasteiger charge is 2.25. The van der Waals surface area contributed by atoms with Gasteiger partial charge in [0.1, 0.15) is 5.84 Å². The molecule has 0 aliphatic carbocycles. The van der Waals surface area contributed by atoms with Crippen LogP contribution in [0.15, 0.2) is 47.6 Å². The lowest BCUT2D eigenvalue weighted by atomic mass is 10.0. The van der Waals surface area contributed by atoms with Crippen molar-refractivity contribution in [1.82, 2.24) is 9.88 Å². The molecule has 1 aromatic carbocycles. The van der Waals surface area contributed by atoms with Crippen molar-refractivity contribution in [2.24, 2.45) is 16.6 Å². The van der Waals surface area contributed by atoms with E-state index >= 15 is 0 Å². The van der Waals surface area contributed by atoms with Crippen LogP contribution in [0.3, 0.4) is 0 Å². The van der Waals surface area contributed by atoms with Crippen molar-refractivity contribution < 1.29 is 4.74 Å². The summed E-state index contributed by atoms with van der Waals surface area (Å²) >= 11 is 0. The molecule has 0 bridgehead atoms. The summed E-state index contributed by atoms with van der Waals surface area (Å²) in [4.78, 5) is 11.9. The molecule has 38 heavy (non-hydrogen) atoms. The van der Waals surface area contributed by atoms with E-state index in [1.54, 1.807) is 0 Å². The number of aliphatic imine (C=N–C) groups is 1. The fourth-order valence-electron chi connectivity index (χ4n) is 4.09. The zero-order valence-corrected chi connectivity index (χ0v) is 26.3. The molecule has 1 aliphatic heterocycles. The summed E-state index contributed by atoms with van der Waals surface area (Å²) in [6.07, 6.45) is 2.71. The highest BCUT2D eigenvalue weighted by Crippen LogP contribution is 2.24. The third-order valence-electron chi connectivity index (χ3n) is 5.99. The molecule has 1 saturated heterocycles. The number of aryl methyl sites for hydroxylation is 2. The number of aromatic nitrogens is 1. The molecule has 0 saturated carbocycles. The number of hydrogen-bond acceptors (Lipinski definition) is 4. The summed E-state index contributed by atoms with van der Waals surface area (Å²) in [6.45, 7) is 29.7. The number of pyridine rings is 1. The number of benzene rings is 1. The number of morpholine rings is 1. The Labute approximate surface area is 234 Å². The van der Waals surface area contributed by atoms with Crippen LogP contribution in [0.1, 0.15) is 97.5 Å². The van der Waals surface area contributed by atoms with Crippen LogP contribution in [0.5, 0.6) is 0 Å². The van der Waals surface area contributed by atoms with Gasteiger partial charge in [0.2, 0.25) is 0 Å². The minimum atomic E-state index is 0.259. The molecule has 1 aromatic heterocycles. The van der Waals surface area contributed by atoms with Crippen molar-refractivity contribution in [3.05, 3.63) is 65.0 Å². The van der Waals surface area contributed by atoms with Gasteiger partial charge in [0, 0.05) is 35.6 Å². The van der Waals surface area contributed by atoms with Crippen LogP contribution >= 0.6 is 0 Å². The SMILES string of the molecule is C=C(C)N=C(c1ccc(-c2ccc(C)c(CN)c2)nc1C)N1CCOC[C@@H]1C.CC.CC.CCCC(C)C. The molecule has 0 radical (unpaired) electrons. The number of amidine groups is 1. The first-order valence-electron chi connectivity index (χ1n) is 14.5. The molecule has 5 heteroatoms. The van der Waals surface area contributed by atoms with Crippen LogP contribution in [0, 0.1) is 19.8 Å². The van der Waals surface area contributed by atoms with E-state index in [0.29, 0.717) is 19.8 Å². The molecule has 1 aliphatic rings. The average molecular weight is 525 g/mol. The van der Waals surface area contributed by atoms with Crippen molar-refractivity contribution in [2.75, 3.05) is 19.8 Å². The molecule has 1 atom stereocenters. The summed E-state index contributed by atoms with van der Waals surface area (Å²) < 4.78 is 5.60. The van der Waals surface area contributed by atoms with Gasteiger partial charge >= 0.3 is 0 Å². The molecule has 3 rings (SSSR count). The molecule has 2 heterocycles. The smallest absolute Gasteiger partial charge is 0.138 e. The maximum Gasteiger partial charge on any atom is 0.138 e. The molecule has 1 fully saturated rings. The number of allylic oxidation sites excluding steroid dienone is 1. The summed E-state index contributed by atoms with van der Waals surface area (Å²) in [6, 6.07) is 10.8. The van der Waals surface area contributed by atoms with E-state index in [-0.39, 0.29) is 6.04 Å². The molecule has 214 valence electrons. The predicted octanol–water partition coefficient (Wildman–Crippen LogP) is 8.32. The monoisotopic (exact) mass is 524 g/mol. The van der Waals surface area contributed by atoms with Gasteiger partial charge in [-0.2, -0.15) is 0 Å². The van der Waals surface area contributed by atoms with Gasteiger partial charge in [0.15, 0.2) is 0 Å². The Kier molecular flexibility index (Phi) is 18.3. The Bertz CT molecular complexity index is 981. The number of nitrogens with two attached hydrogens (primary N) is 1. The molecule has 0 amide bonds. The highest BCUT2D eigenvalue weighted by atomic mass is 16.5. The Balaban J connectivity index is 0.00000119. The van der Waals surface area contributed by atoms with Crippen LogP contribution in [-0.2, 0) is 11.3 Å². The van der Waals surface area contributed by atoms with E-state index in [2.05, 4.69) is 76.4 Å². The topological polar surface area (TPSA) is 63.7 Å². The third kappa shape index (κ3) is 11.5. The van der Waals surface area contributed by atoms with Crippen molar-refractivity contribution in [2.45, 2.75) is 102 Å². The van der Waals surface area contributed by atoms with E-state index in [1.807, 2.05) is 41.5 Å². The first-order valence-corrected chi connectivity index (χ1v) is 14.5. The second-order valence-corrected chi connectivity index (χ2v) is 9.65. The Morgan fingerprint density at radius 1 is 1.16 bits per heavy atom. The minimum absolute atomic E-state index is 0.259. The van der Waals surface area contributed by atoms with E-state index in [1.165, 1.54) is 18.4 Å². The summed E-state index contributed by atoms with van der Waals surface area (Å²) in [7, 11) is 0. The maximum absolute atomic E-state index is 5.87. The van der Waals surface area contributed by atoms with Crippen molar-refractivity contribution in [3.63, 3.8) is 0 Å². The quantitative estimate of drug-likeness (QED) is 0.305. The zero-order valence-electron chi connectivity index (χ0n) is 26.3. The fraction of sp³-hybridized carbons (Fsp3) is 0.576. The maximum atomic E-state index is 5.87. The standard InChI is InChI=1S/C23H30N4O.C6H14.2C2H6/c1-15(2)25-23(27-10-11-28-14-17(27)4)21-8-9-22(26-18(21)5)19-7-6-16(3)20(12-19)13-24;1-4-5-6(2)3;2*1-2/h6-9,12,17H,1,10-11,13-14,24H2,2-5H3;6H,4-5H2,1-3H3;2*1-2H3/t17-;;;/m0.../s1. The van der Waals surface area contributed by atoms with Crippen LogP contribution in [0.2, 0.25) is 0 Å². The first-order chi connectivity index (χ1) is 18.2. The molecule has 0 spiro atoms. The number of nitrogens with zero attached hydrogens (tertiary/aromatic N) is 3. The van der Waals surface area contributed by atoms with Gasteiger partial charge in [-0.25, -0.2) is 4.99 Å². The van der Waals surface area contributed by atoms with Crippen LogP contribution in [0.4, 0.5) is 0 Å². The van der Waals surface area contributed by atoms with Gasteiger partial charge in [-0.3, -0.25) is 4.98 Å². The lowest BCUT2D eigenvalue weighted by Gasteiger charge is -2.36. The second kappa shape index (κ2) is 19.6. The normalized spacial score (nSPS) is 14.9. The van der Waals surface area contributed by atoms with Gasteiger partial charge in [-0.05, 0) is 62.9 Å². The molecule has 0 unspecified atom stereocenters. The van der Waals surface area contributed by atoms with E-state index < -0.39 is 0 Å².